The lowest BCUT2D eigenvalue weighted by molar-refractivity contribution is 0.0939. The van der Waals surface area contributed by atoms with Gasteiger partial charge in [0.15, 0.2) is 0 Å². The zero-order chi connectivity index (χ0) is 19.2. The second-order valence-electron chi connectivity index (χ2n) is 6.08. The summed E-state index contributed by atoms with van der Waals surface area (Å²) in [6.45, 7) is 4.59. The second kappa shape index (κ2) is 8.77. The van der Waals surface area contributed by atoms with Crippen LogP contribution >= 0.6 is 0 Å². The number of rotatable bonds is 8. The lowest BCUT2D eigenvalue weighted by Gasteiger charge is -2.11. The lowest BCUT2D eigenvalue weighted by atomic mass is 10.1. The van der Waals surface area contributed by atoms with E-state index in [0.717, 1.165) is 12.0 Å². The summed E-state index contributed by atoms with van der Waals surface area (Å²) in [6.07, 6.45) is 3.11. The van der Waals surface area contributed by atoms with Crippen LogP contribution in [0.15, 0.2) is 47.5 Å². The molecular formula is C18H24N4O3S. The topological polar surface area (TPSA) is 114 Å². The summed E-state index contributed by atoms with van der Waals surface area (Å²) in [6, 6.07) is 10.1. The molecular weight excluding hydrogens is 352 g/mol. The van der Waals surface area contributed by atoms with E-state index >= 15 is 0 Å². The van der Waals surface area contributed by atoms with Crippen LogP contribution in [-0.2, 0) is 16.4 Å². The first-order valence-electron chi connectivity index (χ1n) is 8.42. The Labute approximate surface area is 154 Å². The molecule has 4 N–H and O–H groups in total. The first-order chi connectivity index (χ1) is 12.3. The SMILES string of the molecule is CCC(C)NC(=O)c1ccc(NCCc2ccc(S(N)(=O)=O)cc2)nc1. The Hall–Kier alpha value is -2.45. The fourth-order valence-corrected chi connectivity index (χ4v) is 2.74. The average Bonchev–Trinajstić information content (AvgIpc) is 2.61. The molecule has 0 fully saturated rings. The Morgan fingerprint density at radius 3 is 2.42 bits per heavy atom. The molecule has 1 atom stereocenters. The van der Waals surface area contributed by atoms with Crippen LogP contribution in [0, 0.1) is 0 Å². The Morgan fingerprint density at radius 1 is 1.19 bits per heavy atom. The maximum Gasteiger partial charge on any atom is 0.253 e. The van der Waals surface area contributed by atoms with Crippen molar-refractivity contribution in [1.29, 1.82) is 0 Å². The smallest absolute Gasteiger partial charge is 0.253 e. The number of nitrogens with two attached hydrogens (primary N) is 1. The average molecular weight is 376 g/mol. The van der Waals surface area contributed by atoms with Crippen LogP contribution in [0.4, 0.5) is 5.82 Å². The number of carbonyl (C=O) groups excluding carboxylic acids is 1. The summed E-state index contributed by atoms with van der Waals surface area (Å²) in [7, 11) is -3.66. The molecule has 1 unspecified atom stereocenters. The Morgan fingerprint density at radius 2 is 1.88 bits per heavy atom. The predicted molar refractivity (Wildman–Crippen MR) is 101 cm³/mol. The third-order valence-corrected chi connectivity index (χ3v) is 4.92. The molecule has 0 aliphatic heterocycles. The van der Waals surface area contributed by atoms with Gasteiger partial charge >= 0.3 is 0 Å². The number of hydrogen-bond acceptors (Lipinski definition) is 5. The maximum atomic E-state index is 12.0. The normalized spacial score (nSPS) is 12.4. The number of hydrogen-bond donors (Lipinski definition) is 3. The van der Waals surface area contributed by atoms with Gasteiger partial charge in [0.1, 0.15) is 5.82 Å². The molecule has 1 aromatic carbocycles. The van der Waals surface area contributed by atoms with Crippen molar-refractivity contribution in [3.8, 4) is 0 Å². The zero-order valence-electron chi connectivity index (χ0n) is 14.9. The number of benzene rings is 1. The molecule has 0 bridgehead atoms. The van der Waals surface area contributed by atoms with Gasteiger partial charge in [0.2, 0.25) is 10.0 Å². The van der Waals surface area contributed by atoms with Gasteiger partial charge in [-0.2, -0.15) is 0 Å². The molecule has 140 valence electrons. The minimum atomic E-state index is -3.66. The van der Waals surface area contributed by atoms with Crippen LogP contribution in [0.1, 0.15) is 36.2 Å². The van der Waals surface area contributed by atoms with Gasteiger partial charge in [0.25, 0.3) is 5.91 Å². The Balaban J connectivity index is 1.85. The molecule has 0 spiro atoms. The third-order valence-electron chi connectivity index (χ3n) is 3.99. The number of carbonyl (C=O) groups is 1. The number of sulfonamides is 1. The summed E-state index contributed by atoms with van der Waals surface area (Å²) < 4.78 is 22.4. The third kappa shape index (κ3) is 5.82. The van der Waals surface area contributed by atoms with Crippen molar-refractivity contribution in [1.82, 2.24) is 10.3 Å². The number of amides is 1. The van der Waals surface area contributed by atoms with Crippen molar-refractivity contribution < 1.29 is 13.2 Å². The second-order valence-corrected chi connectivity index (χ2v) is 7.64. The van der Waals surface area contributed by atoms with E-state index in [1.54, 1.807) is 30.5 Å². The van der Waals surface area contributed by atoms with Gasteiger partial charge < -0.3 is 10.6 Å². The highest BCUT2D eigenvalue weighted by Crippen LogP contribution is 2.10. The molecule has 0 radical (unpaired) electrons. The van der Waals surface area contributed by atoms with Crippen molar-refractivity contribution >= 4 is 21.7 Å². The highest BCUT2D eigenvalue weighted by molar-refractivity contribution is 7.89. The van der Waals surface area contributed by atoms with E-state index in [9.17, 15) is 13.2 Å². The van der Waals surface area contributed by atoms with E-state index in [1.807, 2.05) is 13.8 Å². The summed E-state index contributed by atoms with van der Waals surface area (Å²) in [5, 5.41) is 11.1. The van der Waals surface area contributed by atoms with Crippen LogP contribution in [0.25, 0.3) is 0 Å². The standard InChI is InChI=1S/C18H24N4O3S/c1-3-13(2)22-18(23)15-6-9-17(21-12-15)20-11-10-14-4-7-16(8-5-14)26(19,24)25/h4-9,12-13H,3,10-11H2,1-2H3,(H,20,21)(H,22,23)(H2,19,24,25). The molecule has 26 heavy (non-hydrogen) atoms. The minimum absolute atomic E-state index is 0.0992. The van der Waals surface area contributed by atoms with Crippen LogP contribution in [-0.4, -0.2) is 31.9 Å². The van der Waals surface area contributed by atoms with Crippen molar-refractivity contribution in [2.75, 3.05) is 11.9 Å². The van der Waals surface area contributed by atoms with E-state index in [2.05, 4.69) is 15.6 Å². The molecule has 0 aliphatic carbocycles. The lowest BCUT2D eigenvalue weighted by Crippen LogP contribution is -2.31. The van der Waals surface area contributed by atoms with Gasteiger partial charge in [-0.25, -0.2) is 18.5 Å². The minimum Gasteiger partial charge on any atom is -0.370 e. The van der Waals surface area contributed by atoms with Gasteiger partial charge in [-0.3, -0.25) is 4.79 Å². The molecule has 0 aliphatic rings. The van der Waals surface area contributed by atoms with Gasteiger partial charge in [-0.15, -0.1) is 0 Å². The molecule has 2 aromatic rings. The van der Waals surface area contributed by atoms with Gasteiger partial charge in [0, 0.05) is 18.8 Å². The number of nitrogens with one attached hydrogen (secondary N) is 2. The number of aromatic nitrogens is 1. The van der Waals surface area contributed by atoms with Crippen LogP contribution in [0.3, 0.4) is 0 Å². The van der Waals surface area contributed by atoms with Crippen molar-refractivity contribution in [3.63, 3.8) is 0 Å². The molecule has 1 heterocycles. The summed E-state index contributed by atoms with van der Waals surface area (Å²) in [4.78, 5) is 16.3. The fraction of sp³-hybridized carbons (Fsp3) is 0.333. The summed E-state index contributed by atoms with van der Waals surface area (Å²) >= 11 is 0. The first-order valence-corrected chi connectivity index (χ1v) is 9.96. The monoisotopic (exact) mass is 376 g/mol. The summed E-state index contributed by atoms with van der Waals surface area (Å²) in [5.41, 5.74) is 1.50. The van der Waals surface area contributed by atoms with Crippen LogP contribution in [0.2, 0.25) is 0 Å². The Bertz CT molecular complexity index is 834. The molecule has 7 nitrogen and oxygen atoms in total. The summed E-state index contributed by atoms with van der Waals surface area (Å²) in [5.74, 6) is 0.541. The molecule has 2 rings (SSSR count). The number of pyridine rings is 1. The van der Waals surface area contributed by atoms with Gasteiger partial charge in [0.05, 0.1) is 10.5 Å². The van der Waals surface area contributed by atoms with E-state index in [0.29, 0.717) is 24.3 Å². The van der Waals surface area contributed by atoms with Crippen molar-refractivity contribution in [3.05, 3.63) is 53.7 Å². The molecule has 8 heteroatoms. The highest BCUT2D eigenvalue weighted by Gasteiger charge is 2.09. The molecule has 0 saturated carbocycles. The highest BCUT2D eigenvalue weighted by atomic mass is 32.2. The Kier molecular flexibility index (Phi) is 6.70. The first kappa shape index (κ1) is 19.9. The quantitative estimate of drug-likeness (QED) is 0.651. The fourth-order valence-electron chi connectivity index (χ4n) is 2.22. The van der Waals surface area contributed by atoms with Gasteiger partial charge in [-0.1, -0.05) is 19.1 Å². The van der Waals surface area contributed by atoms with Gasteiger partial charge in [-0.05, 0) is 49.6 Å². The van der Waals surface area contributed by atoms with E-state index < -0.39 is 10.0 Å². The van der Waals surface area contributed by atoms with E-state index in [4.69, 9.17) is 5.14 Å². The van der Waals surface area contributed by atoms with Crippen LogP contribution < -0.4 is 15.8 Å². The molecule has 1 aromatic heterocycles. The van der Waals surface area contributed by atoms with Crippen LogP contribution in [0.5, 0.6) is 0 Å². The van der Waals surface area contributed by atoms with Crippen molar-refractivity contribution in [2.45, 2.75) is 37.6 Å². The van der Waals surface area contributed by atoms with E-state index in [1.165, 1.54) is 12.1 Å². The molecule has 0 saturated heterocycles. The van der Waals surface area contributed by atoms with Crippen molar-refractivity contribution in [2.24, 2.45) is 5.14 Å². The largest absolute Gasteiger partial charge is 0.370 e. The predicted octanol–water partition coefficient (Wildman–Crippen LogP) is 1.91. The number of primary sulfonamides is 1. The zero-order valence-corrected chi connectivity index (χ0v) is 15.7. The maximum absolute atomic E-state index is 12.0. The number of nitrogens with zero attached hydrogens (tertiary/aromatic N) is 1. The molecule has 1 amide bonds. The van der Waals surface area contributed by atoms with E-state index in [-0.39, 0.29) is 16.8 Å². The number of anilines is 1.